The van der Waals surface area contributed by atoms with Gasteiger partial charge in [0.2, 0.25) is 0 Å². The van der Waals surface area contributed by atoms with Crippen molar-refractivity contribution < 1.29 is 23.4 Å². The van der Waals surface area contributed by atoms with Crippen molar-refractivity contribution in [2.24, 2.45) is 0 Å². The second-order valence-electron chi connectivity index (χ2n) is 2.85. The number of pyridine rings is 1. The van der Waals surface area contributed by atoms with Crippen molar-refractivity contribution in [2.75, 3.05) is 7.11 Å². The first-order valence-corrected chi connectivity index (χ1v) is 4.04. The third kappa shape index (κ3) is 2.20. The van der Waals surface area contributed by atoms with Crippen molar-refractivity contribution in [3.05, 3.63) is 23.0 Å². The maximum atomic E-state index is 12.3. The summed E-state index contributed by atoms with van der Waals surface area (Å²) >= 11 is 0. The van der Waals surface area contributed by atoms with Crippen molar-refractivity contribution in [2.45, 2.75) is 13.3 Å². The molecule has 6 heteroatoms. The van der Waals surface area contributed by atoms with E-state index in [2.05, 4.69) is 9.72 Å². The molecule has 0 aromatic carbocycles. The van der Waals surface area contributed by atoms with Gasteiger partial charge in [-0.05, 0) is 18.6 Å². The minimum absolute atomic E-state index is 0.217. The molecule has 4 nitrogen and oxygen atoms in total. The molecule has 0 bridgehead atoms. The van der Waals surface area contributed by atoms with Crippen LogP contribution in [0.5, 0.6) is 5.75 Å². The van der Waals surface area contributed by atoms with Crippen LogP contribution in [-0.4, -0.2) is 23.2 Å². The fraction of sp³-hybridized carbons (Fsp3) is 0.333. The SMILES string of the molecule is COC(=O)c1nc(C(F)F)c(O)cc1C. The molecule has 0 saturated heterocycles. The largest absolute Gasteiger partial charge is 0.506 e. The molecular formula is C9H9F2NO3. The average Bonchev–Trinajstić information content (AvgIpc) is 2.16. The molecule has 1 aromatic rings. The van der Waals surface area contributed by atoms with Crippen LogP contribution in [0.1, 0.15) is 28.2 Å². The number of rotatable bonds is 2. The number of carbonyl (C=O) groups excluding carboxylic acids is 1. The van der Waals surface area contributed by atoms with E-state index in [1.807, 2.05) is 0 Å². The molecule has 1 rings (SSSR count). The predicted octanol–water partition coefficient (Wildman–Crippen LogP) is 1.82. The molecule has 0 aliphatic carbocycles. The number of hydrogen-bond acceptors (Lipinski definition) is 4. The van der Waals surface area contributed by atoms with Crippen molar-refractivity contribution in [3.63, 3.8) is 0 Å². The molecule has 0 radical (unpaired) electrons. The van der Waals surface area contributed by atoms with Gasteiger partial charge in [-0.1, -0.05) is 0 Å². The van der Waals surface area contributed by atoms with Gasteiger partial charge in [0.25, 0.3) is 6.43 Å². The second kappa shape index (κ2) is 4.20. The Bertz CT molecular complexity index is 393. The number of ether oxygens (including phenoxy) is 1. The lowest BCUT2D eigenvalue weighted by atomic mass is 10.2. The first-order valence-electron chi connectivity index (χ1n) is 4.04. The van der Waals surface area contributed by atoms with Crippen LogP contribution in [0.4, 0.5) is 8.78 Å². The molecule has 0 spiro atoms. The van der Waals surface area contributed by atoms with E-state index in [1.165, 1.54) is 6.92 Å². The first kappa shape index (κ1) is 11.4. The van der Waals surface area contributed by atoms with E-state index in [0.717, 1.165) is 13.2 Å². The zero-order chi connectivity index (χ0) is 11.6. The Hall–Kier alpha value is -1.72. The molecule has 15 heavy (non-hydrogen) atoms. The Balaban J connectivity index is 3.29. The Kier molecular flexibility index (Phi) is 3.18. The van der Waals surface area contributed by atoms with Gasteiger partial charge >= 0.3 is 5.97 Å². The Morgan fingerprint density at radius 3 is 2.67 bits per heavy atom. The summed E-state index contributed by atoms with van der Waals surface area (Å²) in [6.45, 7) is 1.47. The van der Waals surface area contributed by atoms with Crippen LogP contribution in [0, 0.1) is 6.92 Å². The van der Waals surface area contributed by atoms with Crippen molar-refractivity contribution in [1.82, 2.24) is 4.98 Å². The van der Waals surface area contributed by atoms with Gasteiger partial charge in [-0.2, -0.15) is 0 Å². The molecule has 0 amide bonds. The topological polar surface area (TPSA) is 59.4 Å². The van der Waals surface area contributed by atoms with Gasteiger partial charge in [0, 0.05) is 0 Å². The highest BCUT2D eigenvalue weighted by Gasteiger charge is 2.20. The zero-order valence-corrected chi connectivity index (χ0v) is 8.12. The number of aromatic nitrogens is 1. The quantitative estimate of drug-likeness (QED) is 0.767. The summed E-state index contributed by atoms with van der Waals surface area (Å²) in [6.07, 6.45) is -2.94. The van der Waals surface area contributed by atoms with Crippen LogP contribution in [0.3, 0.4) is 0 Å². The predicted molar refractivity (Wildman–Crippen MR) is 46.9 cm³/mol. The molecule has 1 N–H and O–H groups in total. The summed E-state index contributed by atoms with van der Waals surface area (Å²) in [6, 6.07) is 1.06. The third-order valence-corrected chi connectivity index (χ3v) is 1.81. The Morgan fingerprint density at radius 1 is 1.60 bits per heavy atom. The lowest BCUT2D eigenvalue weighted by Crippen LogP contribution is -2.09. The molecule has 0 unspecified atom stereocenters. The van der Waals surface area contributed by atoms with E-state index >= 15 is 0 Å². The van der Waals surface area contributed by atoms with Crippen LogP contribution in [0.25, 0.3) is 0 Å². The smallest absolute Gasteiger partial charge is 0.356 e. The van der Waals surface area contributed by atoms with Gasteiger partial charge < -0.3 is 9.84 Å². The number of carbonyl (C=O) groups is 1. The first-order chi connectivity index (χ1) is 6.97. The van der Waals surface area contributed by atoms with Crippen molar-refractivity contribution >= 4 is 5.97 Å². The van der Waals surface area contributed by atoms with E-state index in [4.69, 9.17) is 5.11 Å². The molecule has 0 aliphatic rings. The fourth-order valence-electron chi connectivity index (χ4n) is 1.08. The van der Waals surface area contributed by atoms with Crippen LogP contribution < -0.4 is 0 Å². The lowest BCUT2D eigenvalue weighted by Gasteiger charge is -2.07. The highest BCUT2D eigenvalue weighted by Crippen LogP contribution is 2.27. The van der Waals surface area contributed by atoms with E-state index in [-0.39, 0.29) is 11.3 Å². The molecular weight excluding hydrogens is 208 g/mol. The van der Waals surface area contributed by atoms with E-state index in [9.17, 15) is 13.6 Å². The number of aryl methyl sites for hydroxylation is 1. The minimum Gasteiger partial charge on any atom is -0.506 e. The maximum absolute atomic E-state index is 12.3. The maximum Gasteiger partial charge on any atom is 0.356 e. The van der Waals surface area contributed by atoms with Gasteiger partial charge in [0.1, 0.15) is 11.4 Å². The monoisotopic (exact) mass is 217 g/mol. The molecule has 0 atom stereocenters. The standard InChI is InChI=1S/C9H9F2NO3/c1-4-3-5(13)7(8(10)11)12-6(4)9(14)15-2/h3,8,13H,1-2H3. The van der Waals surface area contributed by atoms with Gasteiger partial charge in [0.15, 0.2) is 5.69 Å². The average molecular weight is 217 g/mol. The summed E-state index contributed by atoms with van der Waals surface area (Å²) in [7, 11) is 1.12. The summed E-state index contributed by atoms with van der Waals surface area (Å²) in [5, 5.41) is 9.15. The van der Waals surface area contributed by atoms with Gasteiger partial charge in [-0.15, -0.1) is 0 Å². The van der Waals surface area contributed by atoms with E-state index < -0.39 is 23.8 Å². The van der Waals surface area contributed by atoms with E-state index in [1.54, 1.807) is 0 Å². The van der Waals surface area contributed by atoms with Gasteiger partial charge in [-0.3, -0.25) is 0 Å². The van der Waals surface area contributed by atoms with Crippen LogP contribution >= 0.6 is 0 Å². The summed E-state index contributed by atoms with van der Waals surface area (Å²) in [5.41, 5.74) is -0.754. The summed E-state index contributed by atoms with van der Waals surface area (Å²) in [5.74, 6) is -1.44. The zero-order valence-electron chi connectivity index (χ0n) is 8.12. The number of alkyl halides is 2. The highest BCUT2D eigenvalue weighted by atomic mass is 19.3. The Morgan fingerprint density at radius 2 is 2.20 bits per heavy atom. The van der Waals surface area contributed by atoms with Gasteiger partial charge in [0.05, 0.1) is 7.11 Å². The fourth-order valence-corrected chi connectivity index (χ4v) is 1.08. The van der Waals surface area contributed by atoms with E-state index in [0.29, 0.717) is 0 Å². The van der Waals surface area contributed by atoms with Crippen molar-refractivity contribution in [1.29, 1.82) is 0 Å². The number of halogens is 2. The lowest BCUT2D eigenvalue weighted by molar-refractivity contribution is 0.0591. The van der Waals surface area contributed by atoms with Crippen LogP contribution in [0.15, 0.2) is 6.07 Å². The molecule has 1 heterocycles. The number of esters is 1. The third-order valence-electron chi connectivity index (χ3n) is 1.81. The molecule has 0 aliphatic heterocycles. The normalized spacial score (nSPS) is 10.5. The molecule has 1 aromatic heterocycles. The Labute approximate surface area is 84.5 Å². The molecule has 0 saturated carbocycles. The molecule has 82 valence electrons. The molecule has 0 fully saturated rings. The number of hydrogen-bond donors (Lipinski definition) is 1. The number of methoxy groups -OCH3 is 1. The van der Waals surface area contributed by atoms with Gasteiger partial charge in [-0.25, -0.2) is 18.6 Å². The van der Waals surface area contributed by atoms with Crippen LogP contribution in [0.2, 0.25) is 0 Å². The van der Waals surface area contributed by atoms with Crippen LogP contribution in [-0.2, 0) is 4.74 Å². The van der Waals surface area contributed by atoms with Crippen molar-refractivity contribution in [3.8, 4) is 5.75 Å². The second-order valence-corrected chi connectivity index (χ2v) is 2.85. The number of nitrogens with zero attached hydrogens (tertiary/aromatic N) is 1. The highest BCUT2D eigenvalue weighted by molar-refractivity contribution is 5.89. The summed E-state index contributed by atoms with van der Waals surface area (Å²) in [4.78, 5) is 14.5. The minimum atomic E-state index is -2.94. The number of aromatic hydroxyl groups is 1. The summed E-state index contributed by atoms with van der Waals surface area (Å²) < 4.78 is 29.0.